The summed E-state index contributed by atoms with van der Waals surface area (Å²) < 4.78 is 1.00. The molecular weight excluding hydrogens is 336 g/mol. The summed E-state index contributed by atoms with van der Waals surface area (Å²) in [5, 5.41) is 11.7. The molecule has 0 spiro atoms. The predicted octanol–water partition coefficient (Wildman–Crippen LogP) is 3.02. The maximum absolute atomic E-state index is 12.2. The van der Waals surface area contributed by atoms with Crippen molar-refractivity contribution in [3.8, 4) is 0 Å². The highest BCUT2D eigenvalue weighted by molar-refractivity contribution is 9.10. The van der Waals surface area contributed by atoms with Gasteiger partial charge in [-0.3, -0.25) is 4.79 Å². The van der Waals surface area contributed by atoms with Crippen molar-refractivity contribution < 1.29 is 14.7 Å². The van der Waals surface area contributed by atoms with Crippen LogP contribution in [0.1, 0.15) is 31.4 Å². The van der Waals surface area contributed by atoms with E-state index in [4.69, 9.17) is 5.11 Å². The molecule has 1 heterocycles. The Kier molecular flexibility index (Phi) is 5.22. The van der Waals surface area contributed by atoms with Gasteiger partial charge in [0, 0.05) is 24.0 Å². The molecule has 114 valence electrons. The van der Waals surface area contributed by atoms with E-state index in [1.165, 1.54) is 0 Å². The zero-order valence-electron chi connectivity index (χ0n) is 11.9. The van der Waals surface area contributed by atoms with Gasteiger partial charge in [0.15, 0.2) is 0 Å². The van der Waals surface area contributed by atoms with Crippen molar-refractivity contribution in [2.75, 3.05) is 13.1 Å². The molecule has 1 aliphatic heterocycles. The van der Waals surface area contributed by atoms with Gasteiger partial charge in [0.1, 0.15) is 0 Å². The Bertz CT molecular complexity index is 518. The van der Waals surface area contributed by atoms with Crippen molar-refractivity contribution in [3.05, 3.63) is 34.3 Å². The topological polar surface area (TPSA) is 69.6 Å². The van der Waals surface area contributed by atoms with Crippen molar-refractivity contribution in [2.24, 2.45) is 5.92 Å². The van der Waals surface area contributed by atoms with Gasteiger partial charge in [-0.15, -0.1) is 0 Å². The van der Waals surface area contributed by atoms with E-state index < -0.39 is 5.97 Å². The standard InChI is InChI=1S/C15H19BrN2O3/c1-10(12-2-4-13(16)5-3-12)17-15(21)18-7-6-11(9-18)8-14(19)20/h2-5,10-11H,6-9H2,1H3,(H,17,21)(H,19,20). The largest absolute Gasteiger partial charge is 0.481 e. The number of carboxylic acids is 1. The summed E-state index contributed by atoms with van der Waals surface area (Å²) in [4.78, 5) is 24.6. The molecular formula is C15H19BrN2O3. The Morgan fingerprint density at radius 3 is 2.71 bits per heavy atom. The molecule has 0 bridgehead atoms. The number of nitrogens with zero attached hydrogens (tertiary/aromatic N) is 1. The van der Waals surface area contributed by atoms with Crippen molar-refractivity contribution >= 4 is 27.9 Å². The SMILES string of the molecule is CC(NC(=O)N1CCC(CC(=O)O)C1)c1ccc(Br)cc1. The number of carbonyl (C=O) groups is 2. The van der Waals surface area contributed by atoms with Crippen LogP contribution in [0.3, 0.4) is 0 Å². The molecule has 0 aliphatic carbocycles. The van der Waals surface area contributed by atoms with Gasteiger partial charge >= 0.3 is 12.0 Å². The van der Waals surface area contributed by atoms with Crippen LogP contribution >= 0.6 is 15.9 Å². The third-order valence-electron chi connectivity index (χ3n) is 3.75. The van der Waals surface area contributed by atoms with E-state index in [0.29, 0.717) is 13.1 Å². The van der Waals surface area contributed by atoms with Crippen LogP contribution in [-0.2, 0) is 4.79 Å². The molecule has 0 radical (unpaired) electrons. The normalized spacial score (nSPS) is 19.3. The van der Waals surface area contributed by atoms with E-state index in [1.807, 2.05) is 31.2 Å². The van der Waals surface area contributed by atoms with Gasteiger partial charge in [-0.1, -0.05) is 28.1 Å². The summed E-state index contributed by atoms with van der Waals surface area (Å²) in [6.07, 6.45) is 0.887. The first-order valence-electron chi connectivity index (χ1n) is 6.98. The summed E-state index contributed by atoms with van der Waals surface area (Å²) in [5.41, 5.74) is 1.04. The van der Waals surface area contributed by atoms with Crippen LogP contribution in [0.25, 0.3) is 0 Å². The van der Waals surface area contributed by atoms with Gasteiger partial charge in [0.2, 0.25) is 0 Å². The molecule has 1 aliphatic rings. The van der Waals surface area contributed by atoms with E-state index in [-0.39, 0.29) is 24.4 Å². The molecule has 1 fully saturated rings. The fraction of sp³-hybridized carbons (Fsp3) is 0.467. The van der Waals surface area contributed by atoms with Gasteiger partial charge in [0.25, 0.3) is 0 Å². The fourth-order valence-electron chi connectivity index (χ4n) is 2.54. The third kappa shape index (κ3) is 4.46. The number of amides is 2. The Hall–Kier alpha value is -1.56. The number of likely N-dealkylation sites (tertiary alicyclic amines) is 1. The molecule has 21 heavy (non-hydrogen) atoms. The molecule has 1 aromatic carbocycles. The molecule has 5 nitrogen and oxygen atoms in total. The number of urea groups is 1. The first-order chi connectivity index (χ1) is 9.95. The predicted molar refractivity (Wildman–Crippen MR) is 83.0 cm³/mol. The number of nitrogens with one attached hydrogen (secondary N) is 1. The third-order valence-corrected chi connectivity index (χ3v) is 4.28. The first-order valence-corrected chi connectivity index (χ1v) is 7.77. The molecule has 2 atom stereocenters. The molecule has 1 saturated heterocycles. The molecule has 2 unspecified atom stereocenters. The van der Waals surface area contributed by atoms with E-state index in [2.05, 4.69) is 21.2 Å². The zero-order chi connectivity index (χ0) is 15.4. The average Bonchev–Trinajstić information content (AvgIpc) is 2.87. The van der Waals surface area contributed by atoms with Crippen molar-refractivity contribution in [1.29, 1.82) is 0 Å². The van der Waals surface area contributed by atoms with Crippen LogP contribution in [-0.4, -0.2) is 35.1 Å². The number of benzene rings is 1. The molecule has 0 aromatic heterocycles. The molecule has 6 heteroatoms. The number of carboxylic acid groups (broad SMARTS) is 1. The second-order valence-electron chi connectivity index (χ2n) is 5.42. The Balaban J connectivity index is 1.87. The molecule has 1 aromatic rings. The second kappa shape index (κ2) is 6.93. The van der Waals surface area contributed by atoms with Crippen LogP contribution in [0.4, 0.5) is 4.79 Å². The van der Waals surface area contributed by atoms with Crippen LogP contribution in [0, 0.1) is 5.92 Å². The summed E-state index contributed by atoms with van der Waals surface area (Å²) in [5.74, 6) is -0.735. The van der Waals surface area contributed by atoms with Crippen molar-refractivity contribution in [3.63, 3.8) is 0 Å². The van der Waals surface area contributed by atoms with Gasteiger partial charge in [-0.05, 0) is 37.0 Å². The van der Waals surface area contributed by atoms with Crippen LogP contribution in [0.2, 0.25) is 0 Å². The lowest BCUT2D eigenvalue weighted by molar-refractivity contribution is -0.138. The maximum atomic E-state index is 12.2. The minimum absolute atomic E-state index is 0.0660. The Morgan fingerprint density at radius 1 is 1.43 bits per heavy atom. The van der Waals surface area contributed by atoms with E-state index >= 15 is 0 Å². The van der Waals surface area contributed by atoms with E-state index in [1.54, 1.807) is 4.90 Å². The maximum Gasteiger partial charge on any atom is 0.317 e. The molecule has 2 rings (SSSR count). The summed E-state index contributed by atoms with van der Waals surface area (Å²) in [7, 11) is 0. The lowest BCUT2D eigenvalue weighted by atomic mass is 10.1. The van der Waals surface area contributed by atoms with E-state index in [9.17, 15) is 9.59 Å². The van der Waals surface area contributed by atoms with Crippen molar-refractivity contribution in [1.82, 2.24) is 10.2 Å². The average molecular weight is 355 g/mol. The number of halogens is 1. The number of hydrogen-bond acceptors (Lipinski definition) is 2. The van der Waals surface area contributed by atoms with Gasteiger partial charge < -0.3 is 15.3 Å². The summed E-state index contributed by atoms with van der Waals surface area (Å²) in [6.45, 7) is 3.08. The van der Waals surface area contributed by atoms with Gasteiger partial charge in [-0.2, -0.15) is 0 Å². The van der Waals surface area contributed by atoms with Crippen LogP contribution in [0.5, 0.6) is 0 Å². The number of rotatable bonds is 4. The van der Waals surface area contributed by atoms with Gasteiger partial charge in [0.05, 0.1) is 6.04 Å². The molecule has 2 amide bonds. The molecule has 0 saturated carbocycles. The summed E-state index contributed by atoms with van der Waals surface area (Å²) >= 11 is 3.38. The number of aliphatic carboxylic acids is 1. The Morgan fingerprint density at radius 2 is 2.10 bits per heavy atom. The van der Waals surface area contributed by atoms with E-state index in [0.717, 1.165) is 16.5 Å². The lowest BCUT2D eigenvalue weighted by Gasteiger charge is -2.21. The highest BCUT2D eigenvalue weighted by atomic mass is 79.9. The quantitative estimate of drug-likeness (QED) is 0.872. The molecule has 2 N–H and O–H groups in total. The highest BCUT2D eigenvalue weighted by Gasteiger charge is 2.28. The Labute approximate surface area is 132 Å². The monoisotopic (exact) mass is 354 g/mol. The summed E-state index contributed by atoms with van der Waals surface area (Å²) in [6, 6.07) is 7.61. The fourth-order valence-corrected chi connectivity index (χ4v) is 2.81. The smallest absolute Gasteiger partial charge is 0.317 e. The lowest BCUT2D eigenvalue weighted by Crippen LogP contribution is -2.39. The second-order valence-corrected chi connectivity index (χ2v) is 6.34. The van der Waals surface area contributed by atoms with Crippen LogP contribution < -0.4 is 5.32 Å². The zero-order valence-corrected chi connectivity index (χ0v) is 13.5. The highest BCUT2D eigenvalue weighted by Crippen LogP contribution is 2.21. The number of hydrogen-bond donors (Lipinski definition) is 2. The van der Waals surface area contributed by atoms with Crippen molar-refractivity contribution in [2.45, 2.75) is 25.8 Å². The first kappa shape index (κ1) is 15.8. The van der Waals surface area contributed by atoms with Gasteiger partial charge in [-0.25, -0.2) is 4.79 Å². The number of carbonyl (C=O) groups excluding carboxylic acids is 1. The minimum atomic E-state index is -0.800. The minimum Gasteiger partial charge on any atom is -0.481 e. The van der Waals surface area contributed by atoms with Crippen LogP contribution in [0.15, 0.2) is 28.7 Å².